The number of nitro groups is 1. The molecule has 2 aromatic carbocycles. The van der Waals surface area contributed by atoms with Crippen LogP contribution in [-0.4, -0.2) is 28.7 Å². The third kappa shape index (κ3) is 4.29. The molecule has 0 saturated carbocycles. The summed E-state index contributed by atoms with van der Waals surface area (Å²) in [6.07, 6.45) is 1.15. The SMILES string of the molecule is Cc1ccccc1NCC(=O)N/N=C\c1cccc([N+](=O)[O-])c1O. The van der Waals surface area contributed by atoms with Crippen LogP contribution < -0.4 is 10.7 Å². The Labute approximate surface area is 138 Å². The Morgan fingerprint density at radius 1 is 1.29 bits per heavy atom. The number of anilines is 1. The van der Waals surface area contributed by atoms with Crippen LogP contribution in [0.15, 0.2) is 47.6 Å². The largest absolute Gasteiger partial charge is 0.502 e. The van der Waals surface area contributed by atoms with Crippen LogP contribution in [-0.2, 0) is 4.79 Å². The molecule has 124 valence electrons. The second kappa shape index (κ2) is 7.73. The number of aryl methyl sites for hydroxylation is 1. The van der Waals surface area contributed by atoms with Crippen LogP contribution in [0, 0.1) is 17.0 Å². The summed E-state index contributed by atoms with van der Waals surface area (Å²) >= 11 is 0. The Balaban J connectivity index is 1.92. The van der Waals surface area contributed by atoms with Gasteiger partial charge in [-0.1, -0.05) is 24.3 Å². The minimum atomic E-state index is -0.697. The van der Waals surface area contributed by atoms with Gasteiger partial charge >= 0.3 is 5.69 Å². The number of para-hydroxylation sites is 2. The number of carbonyl (C=O) groups excluding carboxylic acids is 1. The van der Waals surface area contributed by atoms with Crippen LogP contribution in [0.5, 0.6) is 5.75 Å². The van der Waals surface area contributed by atoms with Gasteiger partial charge in [0.2, 0.25) is 5.75 Å². The van der Waals surface area contributed by atoms with Gasteiger partial charge in [0.25, 0.3) is 5.91 Å². The molecule has 24 heavy (non-hydrogen) atoms. The molecule has 0 fully saturated rings. The lowest BCUT2D eigenvalue weighted by Crippen LogP contribution is -2.26. The lowest BCUT2D eigenvalue weighted by atomic mass is 10.2. The van der Waals surface area contributed by atoms with E-state index in [-0.39, 0.29) is 18.0 Å². The highest BCUT2D eigenvalue weighted by Gasteiger charge is 2.15. The number of phenols is 1. The fraction of sp³-hybridized carbons (Fsp3) is 0.125. The van der Waals surface area contributed by atoms with E-state index >= 15 is 0 Å². The molecule has 0 atom stereocenters. The number of nitrogens with one attached hydrogen (secondary N) is 2. The summed E-state index contributed by atoms with van der Waals surface area (Å²) in [5, 5.41) is 27.1. The van der Waals surface area contributed by atoms with E-state index < -0.39 is 16.4 Å². The lowest BCUT2D eigenvalue weighted by molar-refractivity contribution is -0.385. The van der Waals surface area contributed by atoms with Crippen LogP contribution >= 0.6 is 0 Å². The van der Waals surface area contributed by atoms with Crippen LogP contribution in [0.25, 0.3) is 0 Å². The smallest absolute Gasteiger partial charge is 0.311 e. The summed E-state index contributed by atoms with van der Waals surface area (Å²) in [6.45, 7) is 1.94. The molecule has 2 aromatic rings. The molecule has 0 aliphatic carbocycles. The molecule has 0 unspecified atom stereocenters. The number of nitrogens with zero attached hydrogens (tertiary/aromatic N) is 2. The summed E-state index contributed by atoms with van der Waals surface area (Å²) in [5.41, 5.74) is 3.85. The number of aromatic hydroxyl groups is 1. The first-order valence-electron chi connectivity index (χ1n) is 7.07. The van der Waals surface area contributed by atoms with Crippen molar-refractivity contribution in [3.8, 4) is 5.75 Å². The predicted molar refractivity (Wildman–Crippen MR) is 90.2 cm³/mol. The molecule has 8 heteroatoms. The maximum absolute atomic E-state index is 11.7. The van der Waals surface area contributed by atoms with Crippen molar-refractivity contribution in [3.63, 3.8) is 0 Å². The Kier molecular flexibility index (Phi) is 5.45. The third-order valence-corrected chi connectivity index (χ3v) is 3.22. The highest BCUT2D eigenvalue weighted by Crippen LogP contribution is 2.27. The molecule has 0 aromatic heterocycles. The van der Waals surface area contributed by atoms with E-state index in [2.05, 4.69) is 15.8 Å². The van der Waals surface area contributed by atoms with E-state index in [0.717, 1.165) is 17.5 Å². The monoisotopic (exact) mass is 328 g/mol. The standard InChI is InChI=1S/C16H16N4O4/c1-11-5-2-3-7-13(11)17-10-15(21)19-18-9-12-6-4-8-14(16(12)22)20(23)24/h2-9,17,22H,10H2,1H3,(H,19,21)/b18-9-. The average molecular weight is 328 g/mol. The average Bonchev–Trinajstić information content (AvgIpc) is 2.55. The van der Waals surface area contributed by atoms with Crippen molar-refractivity contribution in [2.24, 2.45) is 5.10 Å². The molecule has 0 spiro atoms. The summed E-state index contributed by atoms with van der Waals surface area (Å²) in [4.78, 5) is 21.7. The highest BCUT2D eigenvalue weighted by atomic mass is 16.6. The van der Waals surface area contributed by atoms with Gasteiger partial charge in [0, 0.05) is 17.3 Å². The number of amides is 1. The molecular formula is C16H16N4O4. The minimum Gasteiger partial charge on any atom is -0.502 e. The first kappa shape index (κ1) is 16.9. The lowest BCUT2D eigenvalue weighted by Gasteiger charge is -2.07. The molecule has 0 aliphatic rings. The number of carbonyl (C=O) groups is 1. The van der Waals surface area contributed by atoms with E-state index in [4.69, 9.17) is 0 Å². The van der Waals surface area contributed by atoms with Crippen LogP contribution in [0.1, 0.15) is 11.1 Å². The number of hydrogen-bond acceptors (Lipinski definition) is 6. The van der Waals surface area contributed by atoms with Crippen LogP contribution in [0.2, 0.25) is 0 Å². The molecule has 3 N–H and O–H groups in total. The van der Waals surface area contributed by atoms with E-state index in [1.807, 2.05) is 31.2 Å². The maximum atomic E-state index is 11.7. The van der Waals surface area contributed by atoms with Gasteiger partial charge in [0.05, 0.1) is 17.7 Å². The fourth-order valence-corrected chi connectivity index (χ4v) is 1.96. The fourth-order valence-electron chi connectivity index (χ4n) is 1.96. The zero-order valence-corrected chi connectivity index (χ0v) is 12.9. The highest BCUT2D eigenvalue weighted by molar-refractivity contribution is 5.87. The normalized spacial score (nSPS) is 10.5. The Morgan fingerprint density at radius 2 is 2.04 bits per heavy atom. The molecular weight excluding hydrogens is 312 g/mol. The van der Waals surface area contributed by atoms with Gasteiger partial charge in [0.15, 0.2) is 0 Å². The Morgan fingerprint density at radius 3 is 2.75 bits per heavy atom. The zero-order valence-electron chi connectivity index (χ0n) is 12.9. The van der Waals surface area contributed by atoms with Gasteiger partial charge < -0.3 is 10.4 Å². The number of hydrogen-bond donors (Lipinski definition) is 3. The summed E-state index contributed by atoms with van der Waals surface area (Å²) in [5.74, 6) is -0.891. The second-order valence-corrected chi connectivity index (χ2v) is 4.93. The van der Waals surface area contributed by atoms with Crippen molar-refractivity contribution in [2.75, 3.05) is 11.9 Å². The topological polar surface area (TPSA) is 117 Å². The van der Waals surface area contributed by atoms with Crippen molar-refractivity contribution < 1.29 is 14.8 Å². The Hall–Kier alpha value is -3.42. The van der Waals surface area contributed by atoms with E-state index in [0.29, 0.717) is 0 Å². The first-order valence-corrected chi connectivity index (χ1v) is 7.07. The van der Waals surface area contributed by atoms with Gasteiger partial charge in [-0.25, -0.2) is 5.43 Å². The second-order valence-electron chi connectivity index (χ2n) is 4.93. The van der Waals surface area contributed by atoms with Gasteiger partial charge in [-0.05, 0) is 24.6 Å². The minimum absolute atomic E-state index is 0.0170. The number of rotatable bonds is 6. The van der Waals surface area contributed by atoms with Crippen molar-refractivity contribution in [1.82, 2.24) is 5.43 Å². The Bertz CT molecular complexity index is 789. The van der Waals surface area contributed by atoms with Gasteiger partial charge in [0.1, 0.15) is 0 Å². The van der Waals surface area contributed by atoms with E-state index in [1.165, 1.54) is 18.2 Å². The van der Waals surface area contributed by atoms with E-state index in [9.17, 15) is 20.0 Å². The van der Waals surface area contributed by atoms with Crippen molar-refractivity contribution in [2.45, 2.75) is 6.92 Å². The first-order chi connectivity index (χ1) is 11.5. The summed E-state index contributed by atoms with van der Waals surface area (Å²) in [7, 11) is 0. The van der Waals surface area contributed by atoms with Gasteiger partial charge in [-0.15, -0.1) is 0 Å². The molecule has 8 nitrogen and oxygen atoms in total. The number of hydrazone groups is 1. The molecule has 0 saturated heterocycles. The number of phenolic OH excluding ortho intramolecular Hbond substituents is 1. The summed E-state index contributed by atoms with van der Waals surface area (Å²) in [6, 6.07) is 11.6. The molecule has 0 heterocycles. The van der Waals surface area contributed by atoms with Gasteiger partial charge in [-0.3, -0.25) is 14.9 Å². The molecule has 0 radical (unpaired) electrons. The molecule has 1 amide bonds. The predicted octanol–water partition coefficient (Wildman–Crippen LogP) is 2.17. The van der Waals surface area contributed by atoms with E-state index in [1.54, 1.807) is 0 Å². The van der Waals surface area contributed by atoms with Gasteiger partial charge in [-0.2, -0.15) is 5.10 Å². The summed E-state index contributed by atoms with van der Waals surface area (Å²) < 4.78 is 0. The van der Waals surface area contributed by atoms with Crippen LogP contribution in [0.3, 0.4) is 0 Å². The molecule has 0 aliphatic heterocycles. The van der Waals surface area contributed by atoms with Crippen molar-refractivity contribution >= 4 is 23.5 Å². The zero-order chi connectivity index (χ0) is 17.5. The quantitative estimate of drug-likeness (QED) is 0.427. The maximum Gasteiger partial charge on any atom is 0.311 e. The molecule has 2 rings (SSSR count). The van der Waals surface area contributed by atoms with Crippen LogP contribution in [0.4, 0.5) is 11.4 Å². The van der Waals surface area contributed by atoms with Crippen molar-refractivity contribution in [3.05, 3.63) is 63.7 Å². The number of benzene rings is 2. The molecule has 0 bridgehead atoms. The number of nitro benzene ring substituents is 1. The third-order valence-electron chi connectivity index (χ3n) is 3.22. The van der Waals surface area contributed by atoms with Crippen molar-refractivity contribution in [1.29, 1.82) is 0 Å².